The molecule has 0 amide bonds. The maximum absolute atomic E-state index is 13.3. The van der Waals surface area contributed by atoms with E-state index in [9.17, 15) is 4.39 Å². The van der Waals surface area contributed by atoms with Crippen molar-refractivity contribution in [1.82, 2.24) is 0 Å². The van der Waals surface area contributed by atoms with Gasteiger partial charge in [0.2, 0.25) is 0 Å². The third-order valence-corrected chi connectivity index (χ3v) is 2.90. The van der Waals surface area contributed by atoms with E-state index in [4.69, 9.17) is 27.9 Å². The Kier molecular flexibility index (Phi) is 2.84. The Morgan fingerprint density at radius 1 is 1.36 bits per heavy atom. The van der Waals surface area contributed by atoms with Crippen molar-refractivity contribution in [2.75, 3.05) is 0 Å². The van der Waals surface area contributed by atoms with Crippen LogP contribution in [-0.4, -0.2) is 11.5 Å². The molecule has 76 valence electrons. The average Bonchev–Trinajstić information content (AvgIpc) is 2.10. The van der Waals surface area contributed by atoms with Crippen molar-refractivity contribution in [3.05, 3.63) is 29.0 Å². The van der Waals surface area contributed by atoms with Gasteiger partial charge >= 0.3 is 0 Å². The van der Waals surface area contributed by atoms with Crippen LogP contribution >= 0.6 is 23.2 Å². The lowest BCUT2D eigenvalue weighted by Gasteiger charge is -2.31. The molecule has 1 saturated carbocycles. The lowest BCUT2D eigenvalue weighted by Crippen LogP contribution is -2.34. The molecule has 0 aromatic heterocycles. The van der Waals surface area contributed by atoms with Crippen molar-refractivity contribution >= 4 is 23.2 Å². The molecule has 0 aliphatic heterocycles. The summed E-state index contributed by atoms with van der Waals surface area (Å²) in [4.78, 5) is 0. The number of rotatable bonds is 2. The maximum Gasteiger partial charge on any atom is 0.183 e. The van der Waals surface area contributed by atoms with E-state index in [2.05, 4.69) is 0 Å². The molecule has 0 radical (unpaired) electrons. The van der Waals surface area contributed by atoms with Gasteiger partial charge in [0, 0.05) is 18.2 Å². The molecule has 0 saturated heterocycles. The summed E-state index contributed by atoms with van der Waals surface area (Å²) < 4.78 is 18.7. The molecule has 2 rings (SSSR count). The molecule has 1 aromatic carbocycles. The van der Waals surface area contributed by atoms with Crippen LogP contribution in [0.4, 0.5) is 4.39 Å². The van der Waals surface area contributed by atoms with Crippen molar-refractivity contribution in [3.63, 3.8) is 0 Å². The van der Waals surface area contributed by atoms with Crippen molar-refractivity contribution in [2.45, 2.75) is 24.3 Å². The van der Waals surface area contributed by atoms with Crippen LogP contribution in [0.2, 0.25) is 5.02 Å². The third kappa shape index (κ3) is 1.96. The van der Waals surface area contributed by atoms with Gasteiger partial charge in [0.15, 0.2) is 11.6 Å². The zero-order chi connectivity index (χ0) is 10.1. The zero-order valence-corrected chi connectivity index (χ0v) is 8.85. The Morgan fingerprint density at radius 2 is 2.07 bits per heavy atom. The Balaban J connectivity index is 2.06. The van der Waals surface area contributed by atoms with E-state index in [-0.39, 0.29) is 22.3 Å². The second-order valence-corrected chi connectivity index (χ2v) is 4.38. The van der Waals surface area contributed by atoms with E-state index in [1.165, 1.54) is 6.07 Å². The molecule has 0 unspecified atom stereocenters. The summed E-state index contributed by atoms with van der Waals surface area (Å²) in [6, 6.07) is 4.73. The quantitative estimate of drug-likeness (QED) is 0.711. The molecule has 1 aromatic rings. The zero-order valence-electron chi connectivity index (χ0n) is 7.34. The van der Waals surface area contributed by atoms with Gasteiger partial charge in [-0.1, -0.05) is 17.7 Å². The topological polar surface area (TPSA) is 9.23 Å². The summed E-state index contributed by atoms with van der Waals surface area (Å²) in [6.45, 7) is 0. The first-order chi connectivity index (χ1) is 6.66. The highest BCUT2D eigenvalue weighted by atomic mass is 35.5. The van der Waals surface area contributed by atoms with Crippen LogP contribution in [0.1, 0.15) is 12.8 Å². The third-order valence-electron chi connectivity index (χ3n) is 2.25. The molecular weight excluding hydrogens is 226 g/mol. The van der Waals surface area contributed by atoms with E-state index in [0.29, 0.717) is 0 Å². The second kappa shape index (κ2) is 3.95. The van der Waals surface area contributed by atoms with E-state index in [1.807, 2.05) is 0 Å². The first kappa shape index (κ1) is 10.1. The Morgan fingerprint density at radius 3 is 2.71 bits per heavy atom. The largest absolute Gasteiger partial charge is 0.487 e. The molecular formula is C10H9Cl2FO. The summed E-state index contributed by atoms with van der Waals surface area (Å²) in [6.07, 6.45) is 1.58. The standard InChI is InChI=1S/C10H9Cl2FO/c11-6-4-7(5-6)14-9-3-1-2-8(12)10(9)13/h1-3,6-7H,4-5H2. The van der Waals surface area contributed by atoms with Crippen molar-refractivity contribution < 1.29 is 9.13 Å². The van der Waals surface area contributed by atoms with E-state index >= 15 is 0 Å². The van der Waals surface area contributed by atoms with Crippen LogP contribution in [0.25, 0.3) is 0 Å². The summed E-state index contributed by atoms with van der Waals surface area (Å²) in [7, 11) is 0. The van der Waals surface area contributed by atoms with Crippen molar-refractivity contribution in [3.8, 4) is 5.75 Å². The van der Waals surface area contributed by atoms with E-state index in [1.54, 1.807) is 12.1 Å². The van der Waals surface area contributed by atoms with Crippen LogP contribution in [0.15, 0.2) is 18.2 Å². The number of hydrogen-bond donors (Lipinski definition) is 0. The highest BCUT2D eigenvalue weighted by molar-refractivity contribution is 6.30. The molecule has 0 N–H and O–H groups in total. The van der Waals surface area contributed by atoms with Gasteiger partial charge < -0.3 is 4.74 Å². The fourth-order valence-corrected chi connectivity index (χ4v) is 1.92. The minimum Gasteiger partial charge on any atom is -0.487 e. The number of halogens is 3. The van der Waals surface area contributed by atoms with Crippen LogP contribution in [0.3, 0.4) is 0 Å². The summed E-state index contributed by atoms with van der Waals surface area (Å²) in [5, 5.41) is 0.256. The Hall–Kier alpha value is -0.470. The number of benzene rings is 1. The van der Waals surface area contributed by atoms with Crippen LogP contribution < -0.4 is 4.74 Å². The smallest absolute Gasteiger partial charge is 0.183 e. The first-order valence-corrected chi connectivity index (χ1v) is 5.23. The first-order valence-electron chi connectivity index (χ1n) is 4.41. The van der Waals surface area contributed by atoms with Gasteiger partial charge in [0.1, 0.15) is 6.10 Å². The summed E-state index contributed by atoms with van der Waals surface area (Å²) in [5.41, 5.74) is 0. The highest BCUT2D eigenvalue weighted by Gasteiger charge is 2.29. The van der Waals surface area contributed by atoms with Gasteiger partial charge in [-0.2, -0.15) is 0 Å². The predicted molar refractivity (Wildman–Crippen MR) is 54.7 cm³/mol. The van der Waals surface area contributed by atoms with Crippen molar-refractivity contribution in [1.29, 1.82) is 0 Å². The molecule has 0 bridgehead atoms. The van der Waals surface area contributed by atoms with E-state index < -0.39 is 5.82 Å². The average molecular weight is 235 g/mol. The molecule has 1 fully saturated rings. The fraction of sp³-hybridized carbons (Fsp3) is 0.400. The molecule has 0 atom stereocenters. The monoisotopic (exact) mass is 234 g/mol. The number of hydrogen-bond acceptors (Lipinski definition) is 1. The molecule has 1 nitrogen and oxygen atoms in total. The van der Waals surface area contributed by atoms with Crippen LogP contribution in [0.5, 0.6) is 5.75 Å². The molecule has 1 aliphatic rings. The van der Waals surface area contributed by atoms with E-state index in [0.717, 1.165) is 12.8 Å². The lowest BCUT2D eigenvalue weighted by molar-refractivity contribution is 0.119. The Labute approximate surface area is 91.8 Å². The van der Waals surface area contributed by atoms with Crippen LogP contribution in [-0.2, 0) is 0 Å². The van der Waals surface area contributed by atoms with Gasteiger partial charge in [-0.3, -0.25) is 0 Å². The maximum atomic E-state index is 13.3. The molecule has 4 heteroatoms. The summed E-state index contributed by atoms with van der Waals surface area (Å²) >= 11 is 11.4. The molecule has 0 spiro atoms. The van der Waals surface area contributed by atoms with Gasteiger partial charge in [0.25, 0.3) is 0 Å². The van der Waals surface area contributed by atoms with Gasteiger partial charge in [0.05, 0.1) is 5.02 Å². The molecule has 14 heavy (non-hydrogen) atoms. The SMILES string of the molecule is Fc1c(Cl)cccc1OC1CC(Cl)C1. The van der Waals surface area contributed by atoms with Crippen LogP contribution in [0, 0.1) is 5.82 Å². The summed E-state index contributed by atoms with van der Waals surface area (Å²) in [5.74, 6) is -0.279. The molecule has 0 heterocycles. The molecule has 1 aliphatic carbocycles. The van der Waals surface area contributed by atoms with Gasteiger partial charge in [-0.15, -0.1) is 11.6 Å². The predicted octanol–water partition coefficient (Wildman–Crippen LogP) is 3.63. The second-order valence-electron chi connectivity index (χ2n) is 3.36. The fourth-order valence-electron chi connectivity index (χ4n) is 1.35. The highest BCUT2D eigenvalue weighted by Crippen LogP contribution is 2.32. The normalized spacial score (nSPS) is 25.6. The number of alkyl halides is 1. The number of ether oxygens (including phenoxy) is 1. The van der Waals surface area contributed by atoms with Gasteiger partial charge in [-0.25, -0.2) is 4.39 Å². The Bertz CT molecular complexity index is 337. The lowest BCUT2D eigenvalue weighted by atomic mass is 9.95. The minimum atomic E-state index is -0.493. The van der Waals surface area contributed by atoms with Gasteiger partial charge in [-0.05, 0) is 12.1 Å². The minimum absolute atomic E-state index is 0.0328. The van der Waals surface area contributed by atoms with Crippen molar-refractivity contribution in [2.24, 2.45) is 0 Å².